The normalized spacial score (nSPS) is 13.1. The molecule has 84 valence electrons. The van der Waals surface area contributed by atoms with E-state index in [1.165, 1.54) is 0 Å². The van der Waals surface area contributed by atoms with Gasteiger partial charge in [0, 0.05) is 31.0 Å². The Balaban J connectivity index is 2.65. The molecule has 0 bridgehead atoms. The smallest absolute Gasteiger partial charge is 0.115 e. The van der Waals surface area contributed by atoms with Crippen molar-refractivity contribution in [1.29, 1.82) is 0 Å². The van der Waals surface area contributed by atoms with Crippen molar-refractivity contribution in [2.24, 2.45) is 5.73 Å². The second kappa shape index (κ2) is 5.78. The molecule has 0 aromatic carbocycles. The Hall–Kier alpha value is -1.00. The van der Waals surface area contributed by atoms with Crippen LogP contribution in [0, 0.1) is 0 Å². The Morgan fingerprint density at radius 3 is 2.73 bits per heavy atom. The minimum Gasteiger partial charge on any atom is -0.383 e. The molecule has 15 heavy (non-hydrogen) atoms. The predicted octanol–water partition coefficient (Wildman–Crippen LogP) is 1.12. The maximum Gasteiger partial charge on any atom is 0.115 e. The van der Waals surface area contributed by atoms with Gasteiger partial charge in [0.25, 0.3) is 0 Å². The van der Waals surface area contributed by atoms with Crippen molar-refractivity contribution >= 4 is 0 Å². The number of aromatic nitrogens is 2. The van der Waals surface area contributed by atoms with Crippen LogP contribution < -0.4 is 5.73 Å². The van der Waals surface area contributed by atoms with E-state index < -0.39 is 0 Å². The van der Waals surface area contributed by atoms with Gasteiger partial charge >= 0.3 is 0 Å². The van der Waals surface area contributed by atoms with Gasteiger partial charge in [0.2, 0.25) is 0 Å². The van der Waals surface area contributed by atoms with E-state index in [-0.39, 0.29) is 6.04 Å². The molecular formula is C11H19N3O. The number of hydrogen-bond donors (Lipinski definition) is 1. The monoisotopic (exact) mass is 209 g/mol. The molecule has 4 nitrogen and oxygen atoms in total. The highest BCUT2D eigenvalue weighted by molar-refractivity contribution is 5.12. The fraction of sp³-hybridized carbons (Fsp3) is 0.636. The summed E-state index contributed by atoms with van der Waals surface area (Å²) in [6.45, 7) is 4.78. The molecule has 1 rings (SSSR count). The lowest BCUT2D eigenvalue weighted by molar-refractivity contribution is 0.179. The molecule has 0 saturated carbocycles. The lowest BCUT2D eigenvalue weighted by Crippen LogP contribution is -2.28. The molecule has 0 fully saturated rings. The highest BCUT2D eigenvalue weighted by Gasteiger charge is 2.07. The van der Waals surface area contributed by atoms with E-state index >= 15 is 0 Å². The van der Waals surface area contributed by atoms with Gasteiger partial charge in [-0.15, -0.1) is 0 Å². The van der Waals surface area contributed by atoms with Crippen LogP contribution in [0.5, 0.6) is 0 Å². The van der Waals surface area contributed by atoms with Crippen molar-refractivity contribution in [2.75, 3.05) is 13.7 Å². The van der Waals surface area contributed by atoms with Crippen LogP contribution in [0.15, 0.2) is 12.4 Å². The SMILES string of the molecule is COCC(N)Cc1cc(C(C)C)ncn1. The number of rotatable bonds is 5. The second-order valence-corrected chi connectivity index (χ2v) is 4.01. The average molecular weight is 209 g/mol. The van der Waals surface area contributed by atoms with Crippen molar-refractivity contribution in [3.05, 3.63) is 23.8 Å². The summed E-state index contributed by atoms with van der Waals surface area (Å²) in [4.78, 5) is 8.41. The predicted molar refractivity (Wildman–Crippen MR) is 59.7 cm³/mol. The van der Waals surface area contributed by atoms with Gasteiger partial charge in [0.1, 0.15) is 6.33 Å². The van der Waals surface area contributed by atoms with Gasteiger partial charge in [0.15, 0.2) is 0 Å². The minimum absolute atomic E-state index is 0.00455. The Bertz CT molecular complexity index is 302. The van der Waals surface area contributed by atoms with Gasteiger partial charge in [-0.25, -0.2) is 9.97 Å². The summed E-state index contributed by atoms with van der Waals surface area (Å²) in [5.74, 6) is 0.422. The van der Waals surface area contributed by atoms with E-state index in [0.717, 1.165) is 17.8 Å². The van der Waals surface area contributed by atoms with Crippen LogP contribution in [-0.4, -0.2) is 29.7 Å². The molecule has 1 atom stereocenters. The van der Waals surface area contributed by atoms with Crippen LogP contribution in [0.4, 0.5) is 0 Å². The highest BCUT2D eigenvalue weighted by atomic mass is 16.5. The van der Waals surface area contributed by atoms with Crippen LogP contribution in [0.3, 0.4) is 0 Å². The van der Waals surface area contributed by atoms with Gasteiger partial charge in [-0.05, 0) is 12.0 Å². The topological polar surface area (TPSA) is 61.0 Å². The van der Waals surface area contributed by atoms with Crippen molar-refractivity contribution in [3.63, 3.8) is 0 Å². The summed E-state index contributed by atoms with van der Waals surface area (Å²) < 4.78 is 4.99. The molecule has 1 heterocycles. The Labute approximate surface area is 90.9 Å². The van der Waals surface area contributed by atoms with Gasteiger partial charge in [-0.2, -0.15) is 0 Å². The molecule has 1 aromatic heterocycles. The summed E-state index contributed by atoms with van der Waals surface area (Å²) in [5, 5.41) is 0. The lowest BCUT2D eigenvalue weighted by Gasteiger charge is -2.11. The molecule has 0 radical (unpaired) electrons. The highest BCUT2D eigenvalue weighted by Crippen LogP contribution is 2.11. The fourth-order valence-electron chi connectivity index (χ4n) is 1.38. The molecule has 0 saturated heterocycles. The third-order valence-corrected chi connectivity index (χ3v) is 2.19. The summed E-state index contributed by atoms with van der Waals surface area (Å²) >= 11 is 0. The van der Waals surface area contributed by atoms with E-state index in [1.807, 2.05) is 6.07 Å². The fourth-order valence-corrected chi connectivity index (χ4v) is 1.38. The quantitative estimate of drug-likeness (QED) is 0.789. The Morgan fingerprint density at radius 1 is 1.40 bits per heavy atom. The van der Waals surface area contributed by atoms with Gasteiger partial charge in [-0.1, -0.05) is 13.8 Å². The van der Waals surface area contributed by atoms with Crippen LogP contribution >= 0.6 is 0 Å². The first-order valence-corrected chi connectivity index (χ1v) is 5.18. The van der Waals surface area contributed by atoms with E-state index in [2.05, 4.69) is 23.8 Å². The first kappa shape index (κ1) is 12.1. The molecule has 2 N–H and O–H groups in total. The third kappa shape index (κ3) is 3.93. The van der Waals surface area contributed by atoms with Crippen molar-refractivity contribution in [1.82, 2.24) is 9.97 Å². The van der Waals surface area contributed by atoms with Crippen LogP contribution in [-0.2, 0) is 11.2 Å². The second-order valence-electron chi connectivity index (χ2n) is 4.01. The van der Waals surface area contributed by atoms with Crippen LogP contribution in [0.25, 0.3) is 0 Å². The average Bonchev–Trinajstić information content (AvgIpc) is 2.18. The molecular weight excluding hydrogens is 190 g/mol. The van der Waals surface area contributed by atoms with E-state index in [4.69, 9.17) is 10.5 Å². The zero-order valence-corrected chi connectivity index (χ0v) is 9.60. The maximum absolute atomic E-state index is 5.86. The summed E-state index contributed by atoms with van der Waals surface area (Å²) in [5.41, 5.74) is 7.90. The first-order chi connectivity index (χ1) is 7.13. The molecule has 0 aliphatic rings. The molecule has 0 amide bonds. The number of hydrogen-bond acceptors (Lipinski definition) is 4. The zero-order valence-electron chi connectivity index (χ0n) is 9.60. The summed E-state index contributed by atoms with van der Waals surface area (Å²) in [6, 6.07) is 2.02. The first-order valence-electron chi connectivity index (χ1n) is 5.18. The molecule has 0 aliphatic carbocycles. The maximum atomic E-state index is 5.86. The molecule has 0 spiro atoms. The third-order valence-electron chi connectivity index (χ3n) is 2.19. The van der Waals surface area contributed by atoms with E-state index in [0.29, 0.717) is 12.5 Å². The molecule has 0 aliphatic heterocycles. The molecule has 1 unspecified atom stereocenters. The number of nitrogens with two attached hydrogens (primary N) is 1. The summed E-state index contributed by atoms with van der Waals surface area (Å²) in [6.07, 6.45) is 2.33. The van der Waals surface area contributed by atoms with Crippen molar-refractivity contribution in [2.45, 2.75) is 32.2 Å². The van der Waals surface area contributed by atoms with E-state index in [1.54, 1.807) is 13.4 Å². The Morgan fingerprint density at radius 2 is 2.13 bits per heavy atom. The number of ether oxygens (including phenoxy) is 1. The lowest BCUT2D eigenvalue weighted by atomic mass is 10.1. The van der Waals surface area contributed by atoms with Crippen molar-refractivity contribution in [3.8, 4) is 0 Å². The zero-order chi connectivity index (χ0) is 11.3. The molecule has 4 heteroatoms. The van der Waals surface area contributed by atoms with Crippen LogP contribution in [0.2, 0.25) is 0 Å². The standard InChI is InChI=1S/C11H19N3O/c1-8(2)11-5-10(13-7-14-11)4-9(12)6-15-3/h5,7-9H,4,6,12H2,1-3H3. The minimum atomic E-state index is 0.00455. The van der Waals surface area contributed by atoms with Crippen LogP contribution in [0.1, 0.15) is 31.2 Å². The number of methoxy groups -OCH3 is 1. The van der Waals surface area contributed by atoms with Gasteiger partial charge in [0.05, 0.1) is 6.61 Å². The largest absolute Gasteiger partial charge is 0.383 e. The number of nitrogens with zero attached hydrogens (tertiary/aromatic N) is 2. The summed E-state index contributed by atoms with van der Waals surface area (Å²) in [7, 11) is 1.65. The Kier molecular flexibility index (Phi) is 4.65. The van der Waals surface area contributed by atoms with E-state index in [9.17, 15) is 0 Å². The van der Waals surface area contributed by atoms with Gasteiger partial charge < -0.3 is 10.5 Å². The van der Waals surface area contributed by atoms with Gasteiger partial charge in [-0.3, -0.25) is 0 Å². The van der Waals surface area contributed by atoms with Crippen molar-refractivity contribution < 1.29 is 4.74 Å². The molecule has 1 aromatic rings.